The van der Waals surface area contributed by atoms with E-state index in [0.29, 0.717) is 35.5 Å². The van der Waals surface area contributed by atoms with E-state index in [1.54, 1.807) is 36.1 Å². The summed E-state index contributed by atoms with van der Waals surface area (Å²) < 4.78 is 0. The predicted octanol–water partition coefficient (Wildman–Crippen LogP) is 2.61. The van der Waals surface area contributed by atoms with Crippen molar-refractivity contribution in [2.45, 2.75) is 32.7 Å². The number of halogens is 1. The molecule has 7 heteroatoms. The minimum atomic E-state index is -1.27. The van der Waals surface area contributed by atoms with Gasteiger partial charge in [0.05, 0.1) is 0 Å². The van der Waals surface area contributed by atoms with E-state index >= 15 is 0 Å². The van der Waals surface area contributed by atoms with Crippen molar-refractivity contribution < 1.29 is 14.4 Å². The number of benzene rings is 1. The van der Waals surface area contributed by atoms with E-state index in [0.717, 1.165) is 11.3 Å². The monoisotopic (exact) mass is 377 g/mol. The Hall–Kier alpha value is -2.08. The fourth-order valence-electron chi connectivity index (χ4n) is 3.99. The molecule has 0 aromatic heterocycles. The quantitative estimate of drug-likeness (QED) is 0.823. The number of rotatable bonds is 3. The first-order chi connectivity index (χ1) is 12.2. The summed E-state index contributed by atoms with van der Waals surface area (Å²) in [5.41, 5.74) is -0.742. The van der Waals surface area contributed by atoms with Crippen molar-refractivity contribution in [3.05, 3.63) is 34.9 Å². The molecule has 2 aliphatic heterocycles. The number of piperidine rings is 1. The predicted molar refractivity (Wildman–Crippen MR) is 98.6 cm³/mol. The number of carbonyl (C=O) groups is 3. The molecule has 2 heterocycles. The molecule has 3 rings (SSSR count). The lowest BCUT2D eigenvalue weighted by Gasteiger charge is -2.35. The molecule has 6 nitrogen and oxygen atoms in total. The average Bonchev–Trinajstić information content (AvgIpc) is 2.78. The highest BCUT2D eigenvalue weighted by atomic mass is 35.5. The summed E-state index contributed by atoms with van der Waals surface area (Å²) in [4.78, 5) is 40.8. The average molecular weight is 378 g/mol. The van der Waals surface area contributed by atoms with Crippen LogP contribution < -0.4 is 5.32 Å². The van der Waals surface area contributed by atoms with E-state index < -0.39 is 17.5 Å². The summed E-state index contributed by atoms with van der Waals surface area (Å²) in [5, 5.41) is 3.09. The molecule has 0 unspecified atom stereocenters. The van der Waals surface area contributed by atoms with Gasteiger partial charge in [-0.15, -0.1) is 0 Å². The zero-order chi connectivity index (χ0) is 19.1. The zero-order valence-corrected chi connectivity index (χ0v) is 16.0. The van der Waals surface area contributed by atoms with Crippen LogP contribution in [0.4, 0.5) is 4.79 Å². The van der Waals surface area contributed by atoms with Crippen molar-refractivity contribution in [1.82, 2.24) is 15.1 Å². The molecule has 2 saturated heterocycles. The van der Waals surface area contributed by atoms with E-state index in [1.165, 1.54) is 0 Å². The van der Waals surface area contributed by atoms with Crippen LogP contribution in [0.5, 0.6) is 0 Å². The van der Waals surface area contributed by atoms with Gasteiger partial charge in [0.2, 0.25) is 5.91 Å². The third-order valence-corrected chi connectivity index (χ3v) is 5.53. The largest absolute Gasteiger partial charge is 0.341 e. The molecule has 2 aliphatic rings. The van der Waals surface area contributed by atoms with Crippen LogP contribution in [0.15, 0.2) is 24.3 Å². The fourth-order valence-corrected chi connectivity index (χ4v) is 4.32. The molecule has 1 N–H and O–H groups in total. The Kier molecular flexibility index (Phi) is 4.97. The lowest BCUT2D eigenvalue weighted by Crippen LogP contribution is -2.48. The molecule has 0 bridgehead atoms. The van der Waals surface area contributed by atoms with Crippen molar-refractivity contribution in [3.8, 4) is 0 Å². The summed E-state index contributed by atoms with van der Waals surface area (Å²) in [6, 6.07) is 6.34. The smallest absolute Gasteiger partial charge is 0.325 e. The van der Waals surface area contributed by atoms with Crippen LogP contribution in [0.2, 0.25) is 5.02 Å². The molecule has 0 saturated carbocycles. The number of carbonyl (C=O) groups excluding carboxylic acids is 3. The molecule has 26 heavy (non-hydrogen) atoms. The number of likely N-dealkylation sites (tertiary alicyclic amines) is 1. The van der Waals surface area contributed by atoms with Gasteiger partial charge in [-0.1, -0.05) is 43.6 Å². The van der Waals surface area contributed by atoms with E-state index in [2.05, 4.69) is 19.2 Å². The van der Waals surface area contributed by atoms with Crippen molar-refractivity contribution in [3.63, 3.8) is 0 Å². The standard InChI is InChI=1S/C19H24ClN3O3/c1-12-8-13(2)10-22(9-12)16(24)11-23-17(25)19(3,21-18(23)26)14-6-4-5-7-15(14)20/h4-7,12-13H,8-11H2,1-3H3,(H,21,26)/t12-,13+,19-/m0/s1. The van der Waals surface area contributed by atoms with Crippen LogP contribution in [0.3, 0.4) is 0 Å². The van der Waals surface area contributed by atoms with Crippen LogP contribution in [0, 0.1) is 11.8 Å². The molecule has 1 aromatic carbocycles. The lowest BCUT2D eigenvalue weighted by molar-refractivity contribution is -0.140. The lowest BCUT2D eigenvalue weighted by atomic mass is 9.91. The van der Waals surface area contributed by atoms with Gasteiger partial charge in [0.25, 0.3) is 5.91 Å². The highest BCUT2D eigenvalue weighted by molar-refractivity contribution is 6.32. The number of hydrogen-bond acceptors (Lipinski definition) is 3. The van der Waals surface area contributed by atoms with E-state index in [1.807, 2.05) is 0 Å². The maximum atomic E-state index is 13.0. The van der Waals surface area contributed by atoms with Gasteiger partial charge in [0.15, 0.2) is 0 Å². The zero-order valence-electron chi connectivity index (χ0n) is 15.3. The van der Waals surface area contributed by atoms with E-state index in [-0.39, 0.29) is 12.5 Å². The molecular formula is C19H24ClN3O3. The van der Waals surface area contributed by atoms with Crippen molar-refractivity contribution in [2.24, 2.45) is 11.8 Å². The van der Waals surface area contributed by atoms with Gasteiger partial charge >= 0.3 is 6.03 Å². The Bertz CT molecular complexity index is 743. The highest BCUT2D eigenvalue weighted by Gasteiger charge is 2.50. The van der Waals surface area contributed by atoms with E-state index in [9.17, 15) is 14.4 Å². The SMILES string of the molecule is C[C@@H]1C[C@H](C)CN(C(=O)CN2C(=O)N[C@@](C)(c3ccccc3Cl)C2=O)C1. The van der Waals surface area contributed by atoms with Crippen LogP contribution in [0.1, 0.15) is 32.8 Å². The number of urea groups is 1. The van der Waals surface area contributed by atoms with Crippen LogP contribution >= 0.6 is 11.6 Å². The third kappa shape index (κ3) is 3.30. The van der Waals surface area contributed by atoms with Crippen molar-refractivity contribution >= 4 is 29.4 Å². The number of imide groups is 1. The first-order valence-corrected chi connectivity index (χ1v) is 9.27. The molecule has 3 atom stereocenters. The molecule has 0 radical (unpaired) electrons. The van der Waals surface area contributed by atoms with Gasteiger partial charge in [-0.25, -0.2) is 4.79 Å². The molecule has 1 aromatic rings. The first-order valence-electron chi connectivity index (χ1n) is 8.89. The third-order valence-electron chi connectivity index (χ3n) is 5.20. The van der Waals surface area contributed by atoms with Gasteiger partial charge in [-0.05, 0) is 31.2 Å². The van der Waals surface area contributed by atoms with Crippen LogP contribution in [0.25, 0.3) is 0 Å². The normalized spacial score (nSPS) is 29.1. The Morgan fingerprint density at radius 3 is 2.46 bits per heavy atom. The first kappa shape index (κ1) is 18.7. The second-order valence-corrected chi connectivity index (χ2v) is 8.08. The van der Waals surface area contributed by atoms with Gasteiger partial charge in [0.1, 0.15) is 12.1 Å². The molecule has 140 valence electrons. The van der Waals surface area contributed by atoms with Crippen LogP contribution in [-0.2, 0) is 15.1 Å². The Balaban J connectivity index is 1.77. The van der Waals surface area contributed by atoms with Crippen molar-refractivity contribution in [1.29, 1.82) is 0 Å². The topological polar surface area (TPSA) is 69.7 Å². The number of nitrogens with zero attached hydrogens (tertiary/aromatic N) is 2. The maximum Gasteiger partial charge on any atom is 0.325 e. The minimum Gasteiger partial charge on any atom is -0.341 e. The molecular weight excluding hydrogens is 354 g/mol. The Morgan fingerprint density at radius 1 is 1.23 bits per heavy atom. The Morgan fingerprint density at radius 2 is 1.85 bits per heavy atom. The second-order valence-electron chi connectivity index (χ2n) is 7.67. The van der Waals surface area contributed by atoms with Gasteiger partial charge < -0.3 is 10.2 Å². The summed E-state index contributed by atoms with van der Waals surface area (Å²) >= 11 is 6.22. The second kappa shape index (κ2) is 6.91. The summed E-state index contributed by atoms with van der Waals surface area (Å²) in [7, 11) is 0. The van der Waals surface area contributed by atoms with Crippen LogP contribution in [-0.4, -0.2) is 47.3 Å². The number of amides is 4. The fraction of sp³-hybridized carbons (Fsp3) is 0.526. The maximum absolute atomic E-state index is 13.0. The number of hydrogen-bond donors (Lipinski definition) is 1. The summed E-state index contributed by atoms with van der Waals surface area (Å²) in [6.45, 7) is 6.91. The summed E-state index contributed by atoms with van der Waals surface area (Å²) in [5.74, 6) is 0.177. The van der Waals surface area contributed by atoms with Gasteiger partial charge in [-0.3, -0.25) is 14.5 Å². The number of nitrogens with one attached hydrogen (secondary N) is 1. The summed E-state index contributed by atoms with van der Waals surface area (Å²) in [6.07, 6.45) is 1.08. The molecule has 0 aliphatic carbocycles. The molecule has 4 amide bonds. The van der Waals surface area contributed by atoms with Gasteiger partial charge in [0, 0.05) is 23.7 Å². The van der Waals surface area contributed by atoms with E-state index in [4.69, 9.17) is 11.6 Å². The molecule has 2 fully saturated rings. The van der Waals surface area contributed by atoms with Gasteiger partial charge in [-0.2, -0.15) is 0 Å². The van der Waals surface area contributed by atoms with Crippen molar-refractivity contribution in [2.75, 3.05) is 19.6 Å². The minimum absolute atomic E-state index is 0.199. The molecule has 0 spiro atoms. The Labute approximate surface area is 158 Å². The highest BCUT2D eigenvalue weighted by Crippen LogP contribution is 2.33.